The number of fused-ring (bicyclic) bond motifs is 4. The van der Waals surface area contributed by atoms with Crippen LogP contribution >= 0.6 is 0 Å². The number of urea groups is 1. The average Bonchev–Trinajstić information content (AvgIpc) is 3.88. The van der Waals surface area contributed by atoms with E-state index in [9.17, 15) is 21.6 Å². The third-order valence-electron chi connectivity index (χ3n) is 13.9. The normalized spacial score (nSPS) is 26.5. The molecule has 2 saturated carbocycles. The summed E-state index contributed by atoms with van der Waals surface area (Å²) in [7, 11) is -6.91. The van der Waals surface area contributed by atoms with E-state index >= 15 is 0 Å². The van der Waals surface area contributed by atoms with Gasteiger partial charge in [0.2, 0.25) is 20.0 Å². The molecule has 2 amide bonds. The number of aryl methyl sites for hydroxylation is 4. The van der Waals surface area contributed by atoms with Crippen LogP contribution in [-0.4, -0.2) is 81.4 Å². The number of primary sulfonamides is 1. The van der Waals surface area contributed by atoms with Crippen LogP contribution in [-0.2, 0) is 71.4 Å². The second kappa shape index (κ2) is 15.9. The lowest BCUT2D eigenvalue weighted by atomic mass is 9.79. The van der Waals surface area contributed by atoms with Crippen molar-refractivity contribution in [2.45, 2.75) is 139 Å². The zero-order chi connectivity index (χ0) is 39.4. The lowest BCUT2D eigenvalue weighted by molar-refractivity contribution is 0.0401. The van der Waals surface area contributed by atoms with Crippen LogP contribution in [0.4, 0.5) is 10.5 Å². The summed E-state index contributed by atoms with van der Waals surface area (Å²) in [6.07, 6.45) is 19.7. The fourth-order valence-corrected chi connectivity index (χ4v) is 12.6. The van der Waals surface area contributed by atoms with Gasteiger partial charge in [-0.15, -0.1) is 5.26 Å². The zero-order valence-corrected chi connectivity index (χ0v) is 34.6. The van der Waals surface area contributed by atoms with Crippen molar-refractivity contribution in [3.63, 3.8) is 0 Å². The maximum Gasteiger partial charge on any atom is 0.332 e. The van der Waals surface area contributed by atoms with Gasteiger partial charge in [-0.25, -0.2) is 31.5 Å². The number of nitrogens with two attached hydrogens (primary N) is 1. The minimum absolute atomic E-state index is 0.302. The molecule has 10 rings (SSSR count). The molecule has 6 aliphatic carbocycles. The summed E-state index contributed by atoms with van der Waals surface area (Å²) in [4.78, 5) is 17.0. The summed E-state index contributed by atoms with van der Waals surface area (Å²) in [6, 6.07) is 5.20. The molecule has 2 saturated heterocycles. The lowest BCUT2D eigenvalue weighted by Crippen LogP contribution is -2.63. The minimum Gasteiger partial charge on any atom is -0.387 e. The van der Waals surface area contributed by atoms with Gasteiger partial charge in [-0.3, -0.25) is 9.80 Å². The van der Waals surface area contributed by atoms with Gasteiger partial charge in [0.05, 0.1) is 0 Å². The molecule has 4 fully saturated rings. The van der Waals surface area contributed by atoms with Crippen LogP contribution < -0.4 is 19.9 Å². The molecule has 2 aromatic rings. The van der Waals surface area contributed by atoms with Gasteiger partial charge in [-0.2, -0.15) is 0 Å². The Labute approximate surface area is 333 Å². The number of nitriles is 1. The van der Waals surface area contributed by atoms with Crippen molar-refractivity contribution < 1.29 is 26.4 Å². The first-order chi connectivity index (χ1) is 26.8. The summed E-state index contributed by atoms with van der Waals surface area (Å²) in [6.45, 7) is 6.83. The Kier molecular flexibility index (Phi) is 11.2. The molecule has 0 atom stereocenters. The molecule has 4 N–H and O–H groups in total. The first-order valence-corrected chi connectivity index (χ1v) is 24.1. The monoisotopic (exact) mass is 806 g/mol. The standard InChI is InChI=1S/C21H29N3O3S.C13H13NO.C8H16N2O2S/c1-13-8-16(9-13)24-11-17(12-24)28(26,27)23-21(25)22-20-18-6-2-4-14(18)10-15-5-3-7-19(15)20;14-8-15-13-11-5-1-3-9(11)7-10-4-2-6-12(10)13;1-6-2-7(3-6)10-4-8(5-10)13(9,11)12/h10,13,16-17H,2-9,11-12H2,1H3,(H2,22,23,25);7H,1-6H2;6-8H,2-5H2,1H3,(H2,9,11,12). The van der Waals surface area contributed by atoms with Crippen molar-refractivity contribution in [3.05, 3.63) is 56.6 Å². The van der Waals surface area contributed by atoms with E-state index in [1.54, 1.807) is 0 Å². The van der Waals surface area contributed by atoms with Crippen LogP contribution in [0, 0.1) is 23.4 Å². The summed E-state index contributed by atoms with van der Waals surface area (Å²) in [5, 5.41) is 15.9. The largest absolute Gasteiger partial charge is 0.387 e. The SMILES string of the molecule is CC1CC(N2CC(S(=O)(=O)NC(=O)Nc3c4c(cc5c3CCC5)CCC4)C2)C1.CC1CC(N2CC(S(N)(=O)=O)C2)C1.N#COc1c2c(cc3c1CCC3)CCC2. The molecule has 2 aliphatic heterocycles. The van der Waals surface area contributed by atoms with Gasteiger partial charge < -0.3 is 10.1 Å². The Bertz CT molecular complexity index is 2050. The predicted molar refractivity (Wildman–Crippen MR) is 217 cm³/mol. The highest BCUT2D eigenvalue weighted by molar-refractivity contribution is 7.90. The molecule has 0 aromatic heterocycles. The number of amides is 2. The van der Waals surface area contributed by atoms with Gasteiger partial charge in [0.1, 0.15) is 16.2 Å². The van der Waals surface area contributed by atoms with E-state index in [-0.39, 0.29) is 5.25 Å². The Balaban J connectivity index is 0.000000132. The third kappa shape index (κ3) is 8.08. The van der Waals surface area contributed by atoms with E-state index < -0.39 is 31.3 Å². The number of nitrogens with one attached hydrogen (secondary N) is 2. The summed E-state index contributed by atoms with van der Waals surface area (Å²) >= 11 is 0. The van der Waals surface area contributed by atoms with Crippen LogP contribution in [0.25, 0.3) is 0 Å². The molecule has 2 aromatic carbocycles. The molecule has 0 unspecified atom stereocenters. The fraction of sp³-hybridized carbons (Fsp3) is 0.667. The number of hydrogen-bond acceptors (Lipinski definition) is 9. The summed E-state index contributed by atoms with van der Waals surface area (Å²) in [5.74, 6) is 2.47. The van der Waals surface area contributed by atoms with Crippen LogP contribution in [0.15, 0.2) is 12.1 Å². The van der Waals surface area contributed by atoms with E-state index in [0.29, 0.717) is 38.3 Å². The average molecular weight is 807 g/mol. The molecule has 12 nitrogen and oxygen atoms in total. The maximum absolute atomic E-state index is 12.6. The highest BCUT2D eigenvalue weighted by Gasteiger charge is 2.44. The smallest absolute Gasteiger partial charge is 0.332 e. The Hall–Kier alpha value is -3.22. The maximum atomic E-state index is 12.6. The molecular formula is C42H58N6O6S2. The van der Waals surface area contributed by atoms with E-state index in [0.717, 1.165) is 100 Å². The molecule has 0 radical (unpaired) electrons. The van der Waals surface area contributed by atoms with E-state index in [2.05, 4.69) is 45.8 Å². The third-order valence-corrected chi connectivity index (χ3v) is 16.8. The van der Waals surface area contributed by atoms with Gasteiger partial charge in [0, 0.05) is 44.0 Å². The van der Waals surface area contributed by atoms with Gasteiger partial charge in [0.15, 0.2) is 0 Å². The van der Waals surface area contributed by atoms with Crippen LogP contribution in [0.1, 0.15) is 110 Å². The number of rotatable bonds is 7. The number of benzene rings is 2. The van der Waals surface area contributed by atoms with Gasteiger partial charge >= 0.3 is 6.03 Å². The lowest BCUT2D eigenvalue weighted by Gasteiger charge is -2.49. The Morgan fingerprint density at radius 2 is 1.11 bits per heavy atom. The van der Waals surface area contributed by atoms with Crippen molar-refractivity contribution >= 4 is 31.8 Å². The van der Waals surface area contributed by atoms with Crippen molar-refractivity contribution in [1.82, 2.24) is 14.5 Å². The number of ether oxygens (including phenoxy) is 1. The molecule has 8 aliphatic rings. The number of likely N-dealkylation sites (tertiary alicyclic amines) is 2. The van der Waals surface area contributed by atoms with E-state index in [1.807, 2.05) is 6.26 Å². The number of carbonyl (C=O) groups is 1. The number of sulfonamides is 2. The van der Waals surface area contributed by atoms with Crippen molar-refractivity contribution in [2.75, 3.05) is 31.5 Å². The molecular weight excluding hydrogens is 749 g/mol. The molecule has 0 spiro atoms. The van der Waals surface area contributed by atoms with Crippen LogP contribution in [0.2, 0.25) is 0 Å². The number of anilines is 1. The Morgan fingerprint density at radius 3 is 1.52 bits per heavy atom. The molecule has 2 heterocycles. The number of nitrogens with zero attached hydrogens (tertiary/aromatic N) is 3. The van der Waals surface area contributed by atoms with Crippen molar-refractivity contribution in [3.8, 4) is 12.0 Å². The fourth-order valence-electron chi connectivity index (χ4n) is 10.5. The highest BCUT2D eigenvalue weighted by Crippen LogP contribution is 2.41. The predicted octanol–water partition coefficient (Wildman–Crippen LogP) is 4.88. The van der Waals surface area contributed by atoms with Crippen LogP contribution in [0.3, 0.4) is 0 Å². The summed E-state index contributed by atoms with van der Waals surface area (Å²) < 4.78 is 54.5. The highest BCUT2D eigenvalue weighted by atomic mass is 32.2. The number of carbonyl (C=O) groups excluding carboxylic acids is 1. The molecule has 304 valence electrons. The number of hydrogen-bond donors (Lipinski definition) is 3. The van der Waals surface area contributed by atoms with Crippen molar-refractivity contribution in [2.24, 2.45) is 17.0 Å². The molecule has 56 heavy (non-hydrogen) atoms. The van der Waals surface area contributed by atoms with Gasteiger partial charge in [0.25, 0.3) is 6.26 Å². The first kappa shape index (κ1) is 39.6. The second-order valence-electron chi connectivity index (χ2n) is 17.9. The van der Waals surface area contributed by atoms with Crippen LogP contribution in [0.5, 0.6) is 5.75 Å². The minimum atomic E-state index is -3.64. The first-order valence-electron chi connectivity index (χ1n) is 21.0. The second-order valence-corrected chi connectivity index (χ2v) is 21.7. The Morgan fingerprint density at radius 1 is 0.696 bits per heavy atom. The zero-order valence-electron chi connectivity index (χ0n) is 32.9. The van der Waals surface area contributed by atoms with E-state index in [4.69, 9.17) is 15.1 Å². The van der Waals surface area contributed by atoms with Gasteiger partial charge in [-0.1, -0.05) is 26.0 Å². The summed E-state index contributed by atoms with van der Waals surface area (Å²) in [5.41, 5.74) is 11.4. The van der Waals surface area contributed by atoms with Gasteiger partial charge in [-0.05, 0) is 159 Å². The topological polar surface area (TPSA) is 175 Å². The molecule has 14 heteroatoms. The van der Waals surface area contributed by atoms with E-state index in [1.165, 1.54) is 70.2 Å². The quantitative estimate of drug-likeness (QED) is 0.330. The molecule has 0 bridgehead atoms. The van der Waals surface area contributed by atoms with Crippen molar-refractivity contribution in [1.29, 1.82) is 5.26 Å².